The van der Waals surface area contributed by atoms with Crippen molar-refractivity contribution in [3.05, 3.63) is 242 Å². The van der Waals surface area contributed by atoms with Gasteiger partial charge in [-0.1, -0.05) is 176 Å². The fourth-order valence-corrected chi connectivity index (χ4v) is 7.70. The Balaban J connectivity index is 1.07. The lowest BCUT2D eigenvalue weighted by Gasteiger charge is -2.34. The molecule has 9 rings (SSSR count). The van der Waals surface area contributed by atoms with Gasteiger partial charge in [0.1, 0.15) is 0 Å². The number of hydrogen-bond donors (Lipinski definition) is 0. The van der Waals surface area contributed by atoms with Crippen molar-refractivity contribution in [1.82, 2.24) is 0 Å². The first-order valence-corrected chi connectivity index (χ1v) is 19.4. The maximum Gasteiger partial charge on any atom is 0.0560 e. The largest absolute Gasteiger partial charge is 0.334 e. The summed E-state index contributed by atoms with van der Waals surface area (Å²) in [6.07, 6.45) is 7.91. The lowest BCUT2D eigenvalue weighted by Crippen LogP contribution is -2.30. The van der Waals surface area contributed by atoms with Gasteiger partial charge >= 0.3 is 0 Å². The molecular weight excluding hydrogens is 677 g/mol. The summed E-state index contributed by atoms with van der Waals surface area (Å²) in [6.45, 7) is 0. The van der Waals surface area contributed by atoms with Crippen molar-refractivity contribution in [2.24, 2.45) is 0 Å². The van der Waals surface area contributed by atoms with E-state index in [-0.39, 0.29) is 6.04 Å². The Bertz CT molecular complexity index is 2460. The number of allylic oxidation sites excluding steroid dienone is 2. The molecule has 2 nitrogen and oxygen atoms in total. The number of rotatable bonds is 10. The Hall–Kier alpha value is -7.16. The van der Waals surface area contributed by atoms with Crippen LogP contribution in [-0.4, -0.2) is 6.04 Å². The topological polar surface area (TPSA) is 6.48 Å². The van der Waals surface area contributed by atoms with E-state index >= 15 is 0 Å². The van der Waals surface area contributed by atoms with Gasteiger partial charge in [0.2, 0.25) is 0 Å². The summed E-state index contributed by atoms with van der Waals surface area (Å²) in [5, 5.41) is 0. The number of anilines is 5. The normalized spacial score (nSPS) is 13.5. The van der Waals surface area contributed by atoms with Crippen LogP contribution in [0.5, 0.6) is 0 Å². The van der Waals surface area contributed by atoms with Crippen LogP contribution in [0.25, 0.3) is 39.0 Å². The molecule has 0 amide bonds. The summed E-state index contributed by atoms with van der Waals surface area (Å²) < 4.78 is 0. The predicted molar refractivity (Wildman–Crippen MR) is 238 cm³/mol. The van der Waals surface area contributed by atoms with Gasteiger partial charge in [0.25, 0.3) is 0 Å². The van der Waals surface area contributed by atoms with E-state index in [1.54, 1.807) is 0 Å². The van der Waals surface area contributed by atoms with Crippen LogP contribution in [0.15, 0.2) is 237 Å². The van der Waals surface area contributed by atoms with Crippen molar-refractivity contribution in [3.8, 4) is 33.4 Å². The van der Waals surface area contributed by atoms with Crippen molar-refractivity contribution in [1.29, 1.82) is 0 Å². The molecule has 1 unspecified atom stereocenters. The molecule has 268 valence electrons. The zero-order chi connectivity index (χ0) is 37.5. The maximum atomic E-state index is 2.47. The van der Waals surface area contributed by atoms with Gasteiger partial charge in [-0.2, -0.15) is 0 Å². The molecule has 2 heteroatoms. The lowest BCUT2D eigenvalue weighted by atomic mass is 9.95. The minimum atomic E-state index is 0.156. The molecule has 0 fully saturated rings. The Labute approximate surface area is 330 Å². The Kier molecular flexibility index (Phi) is 9.92. The van der Waals surface area contributed by atoms with E-state index in [1.807, 2.05) is 0 Å². The minimum absolute atomic E-state index is 0.156. The summed E-state index contributed by atoms with van der Waals surface area (Å²) in [7, 11) is 0. The van der Waals surface area contributed by atoms with E-state index in [4.69, 9.17) is 0 Å². The summed E-state index contributed by atoms with van der Waals surface area (Å²) in [4.78, 5) is 4.82. The van der Waals surface area contributed by atoms with Crippen molar-refractivity contribution < 1.29 is 0 Å². The third kappa shape index (κ3) is 7.46. The fraction of sp³-hybridized carbons (Fsp3) is 0.0370. The highest BCUT2D eigenvalue weighted by Crippen LogP contribution is 2.40. The smallest absolute Gasteiger partial charge is 0.0560 e. The second-order valence-electron chi connectivity index (χ2n) is 14.1. The molecule has 0 saturated heterocycles. The Morgan fingerprint density at radius 3 is 0.964 bits per heavy atom. The van der Waals surface area contributed by atoms with E-state index in [0.29, 0.717) is 0 Å². The van der Waals surface area contributed by atoms with Crippen molar-refractivity contribution in [2.45, 2.75) is 12.5 Å². The second kappa shape index (κ2) is 16.1. The van der Waals surface area contributed by atoms with Crippen LogP contribution >= 0.6 is 0 Å². The number of benzene rings is 8. The molecule has 0 bridgehead atoms. The first kappa shape index (κ1) is 34.6. The molecule has 1 atom stereocenters. The average Bonchev–Trinajstić information content (AvgIpc) is 3.29. The molecule has 1 aliphatic rings. The van der Waals surface area contributed by atoms with Gasteiger partial charge in [-0.15, -0.1) is 0 Å². The number of nitrogens with zero attached hydrogens (tertiary/aromatic N) is 2. The van der Waals surface area contributed by atoms with Gasteiger partial charge in [0, 0.05) is 28.4 Å². The van der Waals surface area contributed by atoms with Crippen molar-refractivity contribution in [3.63, 3.8) is 0 Å². The highest BCUT2D eigenvalue weighted by Gasteiger charge is 2.22. The zero-order valence-corrected chi connectivity index (χ0v) is 31.2. The first-order valence-electron chi connectivity index (χ1n) is 19.4. The van der Waals surface area contributed by atoms with Gasteiger partial charge in [-0.05, 0) is 112 Å². The van der Waals surface area contributed by atoms with Crippen LogP contribution in [0.4, 0.5) is 28.4 Å². The summed E-state index contributed by atoms with van der Waals surface area (Å²) in [5.41, 5.74) is 15.4. The van der Waals surface area contributed by atoms with Crippen LogP contribution in [0, 0.1) is 0 Å². The van der Waals surface area contributed by atoms with Gasteiger partial charge in [-0.3, -0.25) is 0 Å². The van der Waals surface area contributed by atoms with E-state index in [2.05, 4.69) is 246 Å². The molecule has 1 aliphatic carbocycles. The summed E-state index contributed by atoms with van der Waals surface area (Å²) in [6, 6.07) is 78.4. The molecule has 0 spiro atoms. The monoisotopic (exact) mass is 718 g/mol. The molecule has 0 radical (unpaired) electrons. The molecule has 56 heavy (non-hydrogen) atoms. The highest BCUT2D eigenvalue weighted by molar-refractivity contribution is 5.82. The van der Waals surface area contributed by atoms with Gasteiger partial charge in [0.15, 0.2) is 0 Å². The van der Waals surface area contributed by atoms with Gasteiger partial charge in [-0.25, -0.2) is 0 Å². The Morgan fingerprint density at radius 1 is 0.304 bits per heavy atom. The van der Waals surface area contributed by atoms with Crippen molar-refractivity contribution in [2.75, 3.05) is 9.80 Å². The summed E-state index contributed by atoms with van der Waals surface area (Å²) >= 11 is 0. The molecule has 8 aromatic carbocycles. The predicted octanol–water partition coefficient (Wildman–Crippen LogP) is 14.7. The quantitative estimate of drug-likeness (QED) is 0.139. The fourth-order valence-electron chi connectivity index (χ4n) is 7.70. The molecule has 0 N–H and O–H groups in total. The molecule has 8 aromatic rings. The molecule has 0 aromatic heterocycles. The Morgan fingerprint density at radius 2 is 0.607 bits per heavy atom. The van der Waals surface area contributed by atoms with Crippen LogP contribution in [0.1, 0.15) is 12.0 Å². The minimum Gasteiger partial charge on any atom is -0.334 e. The second-order valence-corrected chi connectivity index (χ2v) is 14.1. The van der Waals surface area contributed by atoms with E-state index < -0.39 is 0 Å². The lowest BCUT2D eigenvalue weighted by molar-refractivity contribution is 0.787. The van der Waals surface area contributed by atoms with Crippen LogP contribution < -0.4 is 9.80 Å². The van der Waals surface area contributed by atoms with Crippen molar-refractivity contribution >= 4 is 34.0 Å². The van der Waals surface area contributed by atoms with Crippen LogP contribution in [0.3, 0.4) is 0 Å². The molecule has 0 aliphatic heterocycles. The summed E-state index contributed by atoms with van der Waals surface area (Å²) in [5.74, 6) is 0. The third-order valence-corrected chi connectivity index (χ3v) is 10.6. The zero-order valence-electron chi connectivity index (χ0n) is 31.2. The molecule has 0 heterocycles. The molecular formula is C54H42N2. The van der Waals surface area contributed by atoms with Crippen LogP contribution in [-0.2, 0) is 0 Å². The van der Waals surface area contributed by atoms with E-state index in [1.165, 1.54) is 44.5 Å². The van der Waals surface area contributed by atoms with Gasteiger partial charge in [0.05, 0.1) is 6.04 Å². The van der Waals surface area contributed by atoms with Crippen LogP contribution in [0.2, 0.25) is 0 Å². The number of hydrogen-bond acceptors (Lipinski definition) is 2. The average molecular weight is 719 g/mol. The van der Waals surface area contributed by atoms with E-state index in [0.717, 1.165) is 34.9 Å². The SMILES string of the molecule is C1=CC(N(c2ccc(-c3ccccc3)cc2)c2ccc(N(c3ccc(-c4ccccc4)cc3)c3ccc(-c4ccccc4)cc3)cc2)CC=C1c1ccccc1. The maximum absolute atomic E-state index is 2.47. The first-order chi connectivity index (χ1) is 27.8. The third-order valence-electron chi connectivity index (χ3n) is 10.6. The standard InChI is InChI=1S/C54H42N2/c1-5-13-41(14-6-1)45-21-29-49(30-22-45)55(50-31-23-46(24-32-50)42-15-7-2-8-16-42)53-37-39-54(40-38-53)56(51-33-25-47(26-34-51)43-17-9-3-10-18-43)52-35-27-48(28-36-52)44-19-11-4-12-20-44/h1-35,37-40,52H,36H2. The van der Waals surface area contributed by atoms with Gasteiger partial charge < -0.3 is 9.80 Å². The molecule has 0 saturated carbocycles. The highest BCUT2D eigenvalue weighted by atomic mass is 15.2. The van der Waals surface area contributed by atoms with E-state index in [9.17, 15) is 0 Å².